The summed E-state index contributed by atoms with van der Waals surface area (Å²) in [6.45, 7) is 6.58. The van der Waals surface area contributed by atoms with Crippen molar-refractivity contribution in [2.75, 3.05) is 0 Å². The van der Waals surface area contributed by atoms with Crippen molar-refractivity contribution in [1.82, 2.24) is 25.9 Å². The van der Waals surface area contributed by atoms with Crippen molar-refractivity contribution >= 4 is 35.4 Å². The first-order chi connectivity index (χ1) is 11.8. The SMILES string of the molecule is Cc1nn(CC(C)C)c(Cl)c1/C=C/C(=O)NNC(=O)C(=O)NC1CC1. The second-order valence-corrected chi connectivity index (χ2v) is 6.75. The van der Waals surface area contributed by atoms with Gasteiger partial charge in [0.1, 0.15) is 5.15 Å². The monoisotopic (exact) mass is 367 g/mol. The third kappa shape index (κ3) is 5.60. The Morgan fingerprint density at radius 1 is 1.28 bits per heavy atom. The van der Waals surface area contributed by atoms with Crippen molar-refractivity contribution in [3.8, 4) is 0 Å². The molecule has 3 amide bonds. The Morgan fingerprint density at radius 3 is 2.56 bits per heavy atom. The van der Waals surface area contributed by atoms with Gasteiger partial charge in [-0.25, -0.2) is 0 Å². The van der Waals surface area contributed by atoms with Crippen LogP contribution >= 0.6 is 11.6 Å². The summed E-state index contributed by atoms with van der Waals surface area (Å²) in [6, 6.07) is 0.0707. The number of nitrogens with zero attached hydrogens (tertiary/aromatic N) is 2. The maximum atomic E-state index is 11.8. The molecule has 2 rings (SSSR count). The van der Waals surface area contributed by atoms with Crippen LogP contribution in [0.25, 0.3) is 6.08 Å². The summed E-state index contributed by atoms with van der Waals surface area (Å²) in [5, 5.41) is 7.31. The van der Waals surface area contributed by atoms with Crippen LogP contribution in [0.5, 0.6) is 0 Å². The quantitative estimate of drug-likeness (QED) is 0.409. The van der Waals surface area contributed by atoms with E-state index in [-0.39, 0.29) is 6.04 Å². The molecule has 3 N–H and O–H groups in total. The predicted molar refractivity (Wildman–Crippen MR) is 93.3 cm³/mol. The molecule has 1 heterocycles. The molecule has 9 heteroatoms. The standard InChI is InChI=1S/C16H22ClN5O3/c1-9(2)8-22-14(17)12(10(3)21-22)6-7-13(23)19-20-16(25)15(24)18-11-4-5-11/h6-7,9,11H,4-5,8H2,1-3H3,(H,18,24)(H,19,23)(H,20,25)/b7-6+. The summed E-state index contributed by atoms with van der Waals surface area (Å²) in [6.07, 6.45) is 4.49. The van der Waals surface area contributed by atoms with Crippen LogP contribution in [0.3, 0.4) is 0 Å². The van der Waals surface area contributed by atoms with E-state index >= 15 is 0 Å². The van der Waals surface area contributed by atoms with E-state index in [1.54, 1.807) is 11.6 Å². The summed E-state index contributed by atoms with van der Waals surface area (Å²) in [4.78, 5) is 34.7. The molecule has 1 saturated carbocycles. The van der Waals surface area contributed by atoms with E-state index in [1.807, 2.05) is 0 Å². The minimum Gasteiger partial charge on any atom is -0.345 e. The predicted octanol–water partition coefficient (Wildman–Crippen LogP) is 0.940. The van der Waals surface area contributed by atoms with Crippen LogP contribution in [-0.4, -0.2) is 33.5 Å². The maximum Gasteiger partial charge on any atom is 0.327 e. The molecule has 0 aromatic carbocycles. The summed E-state index contributed by atoms with van der Waals surface area (Å²) >= 11 is 6.28. The molecule has 1 aromatic heterocycles. The molecule has 8 nitrogen and oxygen atoms in total. The average molecular weight is 368 g/mol. The van der Waals surface area contributed by atoms with Gasteiger partial charge in [0.05, 0.1) is 5.69 Å². The van der Waals surface area contributed by atoms with Crippen LogP contribution in [0.1, 0.15) is 37.9 Å². The van der Waals surface area contributed by atoms with Crippen molar-refractivity contribution in [2.24, 2.45) is 5.92 Å². The molecule has 0 atom stereocenters. The molecule has 1 aliphatic rings. The lowest BCUT2D eigenvalue weighted by atomic mass is 10.2. The van der Waals surface area contributed by atoms with E-state index in [9.17, 15) is 14.4 Å². The average Bonchev–Trinajstić information content (AvgIpc) is 3.30. The normalized spacial score (nSPS) is 14.0. The molecule has 1 aromatic rings. The van der Waals surface area contributed by atoms with Crippen LogP contribution in [-0.2, 0) is 20.9 Å². The van der Waals surface area contributed by atoms with Gasteiger partial charge in [-0.1, -0.05) is 25.4 Å². The number of carbonyl (C=O) groups excluding carboxylic acids is 3. The Hall–Kier alpha value is -2.35. The van der Waals surface area contributed by atoms with Crippen molar-refractivity contribution in [1.29, 1.82) is 0 Å². The van der Waals surface area contributed by atoms with Crippen LogP contribution in [0.2, 0.25) is 5.15 Å². The number of halogens is 1. The highest BCUT2D eigenvalue weighted by Gasteiger charge is 2.26. The first-order valence-electron chi connectivity index (χ1n) is 8.09. The molecule has 1 aliphatic carbocycles. The van der Waals surface area contributed by atoms with E-state index in [4.69, 9.17) is 11.6 Å². The number of amides is 3. The van der Waals surface area contributed by atoms with Gasteiger partial charge in [-0.05, 0) is 31.8 Å². The molecule has 136 valence electrons. The van der Waals surface area contributed by atoms with Gasteiger partial charge in [-0.2, -0.15) is 5.10 Å². The fraction of sp³-hybridized carbons (Fsp3) is 0.500. The van der Waals surface area contributed by atoms with Gasteiger partial charge in [-0.3, -0.25) is 29.9 Å². The van der Waals surface area contributed by atoms with E-state index in [2.05, 4.69) is 35.1 Å². The smallest absolute Gasteiger partial charge is 0.327 e. The third-order valence-electron chi connectivity index (χ3n) is 3.47. The number of hydrogen-bond donors (Lipinski definition) is 3. The summed E-state index contributed by atoms with van der Waals surface area (Å²) in [5.41, 5.74) is 5.54. The van der Waals surface area contributed by atoms with Crippen LogP contribution in [0, 0.1) is 12.8 Å². The van der Waals surface area contributed by atoms with E-state index in [0.717, 1.165) is 12.8 Å². The lowest BCUT2D eigenvalue weighted by molar-refractivity contribution is -0.140. The number of hydrogen-bond acceptors (Lipinski definition) is 4. The zero-order chi connectivity index (χ0) is 18.6. The minimum atomic E-state index is -0.910. The fourth-order valence-electron chi connectivity index (χ4n) is 2.08. The topological polar surface area (TPSA) is 105 Å². The summed E-state index contributed by atoms with van der Waals surface area (Å²) < 4.78 is 1.68. The molecule has 0 aliphatic heterocycles. The Kier molecular flexibility index (Phi) is 6.19. The Bertz CT molecular complexity index is 707. The van der Waals surface area contributed by atoms with Crippen LogP contribution in [0.4, 0.5) is 0 Å². The van der Waals surface area contributed by atoms with Crippen molar-refractivity contribution in [3.63, 3.8) is 0 Å². The molecular weight excluding hydrogens is 346 g/mol. The number of carbonyl (C=O) groups is 3. The molecule has 0 spiro atoms. The largest absolute Gasteiger partial charge is 0.345 e. The van der Waals surface area contributed by atoms with Gasteiger partial charge in [-0.15, -0.1) is 0 Å². The molecule has 25 heavy (non-hydrogen) atoms. The number of nitrogens with one attached hydrogen (secondary N) is 3. The Balaban J connectivity index is 1.88. The molecular formula is C16H22ClN5O3. The zero-order valence-electron chi connectivity index (χ0n) is 14.4. The van der Waals surface area contributed by atoms with Gasteiger partial charge in [0.2, 0.25) is 0 Å². The molecule has 0 radical (unpaired) electrons. The minimum absolute atomic E-state index is 0.0707. The van der Waals surface area contributed by atoms with Gasteiger partial charge in [0, 0.05) is 24.2 Å². The maximum absolute atomic E-state index is 11.8. The molecule has 1 fully saturated rings. The number of aryl methyl sites for hydroxylation is 1. The summed E-state index contributed by atoms with van der Waals surface area (Å²) in [7, 11) is 0. The fourth-order valence-corrected chi connectivity index (χ4v) is 2.38. The highest BCUT2D eigenvalue weighted by molar-refractivity contribution is 6.35. The van der Waals surface area contributed by atoms with Gasteiger partial charge < -0.3 is 5.32 Å². The highest BCUT2D eigenvalue weighted by atomic mass is 35.5. The Labute approximate surface area is 150 Å². The lowest BCUT2D eigenvalue weighted by Gasteiger charge is -2.06. The van der Waals surface area contributed by atoms with Crippen molar-refractivity contribution < 1.29 is 14.4 Å². The number of rotatable bonds is 5. The van der Waals surface area contributed by atoms with E-state index in [1.165, 1.54) is 12.2 Å². The second kappa shape index (κ2) is 8.15. The first kappa shape index (κ1) is 19.0. The second-order valence-electron chi connectivity index (χ2n) is 6.39. The number of aromatic nitrogens is 2. The van der Waals surface area contributed by atoms with Gasteiger partial charge in [0.15, 0.2) is 0 Å². The van der Waals surface area contributed by atoms with Gasteiger partial charge >= 0.3 is 11.8 Å². The number of hydrazine groups is 1. The molecule has 0 saturated heterocycles. The van der Waals surface area contributed by atoms with E-state index < -0.39 is 17.7 Å². The molecule has 0 unspecified atom stereocenters. The highest BCUT2D eigenvalue weighted by Crippen LogP contribution is 2.22. The van der Waals surface area contributed by atoms with Crippen molar-refractivity contribution in [2.45, 2.75) is 46.2 Å². The third-order valence-corrected chi connectivity index (χ3v) is 3.87. The zero-order valence-corrected chi connectivity index (χ0v) is 15.2. The first-order valence-corrected chi connectivity index (χ1v) is 8.47. The van der Waals surface area contributed by atoms with Crippen LogP contribution < -0.4 is 16.2 Å². The van der Waals surface area contributed by atoms with Crippen molar-refractivity contribution in [3.05, 3.63) is 22.5 Å². The summed E-state index contributed by atoms with van der Waals surface area (Å²) in [5.74, 6) is -1.87. The van der Waals surface area contributed by atoms with Crippen LogP contribution in [0.15, 0.2) is 6.08 Å². The molecule has 0 bridgehead atoms. The Morgan fingerprint density at radius 2 is 1.96 bits per heavy atom. The lowest BCUT2D eigenvalue weighted by Crippen LogP contribution is -2.48. The van der Waals surface area contributed by atoms with E-state index in [0.29, 0.717) is 28.9 Å². The van der Waals surface area contributed by atoms with Gasteiger partial charge in [0.25, 0.3) is 5.91 Å².